The van der Waals surface area contributed by atoms with Gasteiger partial charge in [0.05, 0.1) is 5.92 Å². The van der Waals surface area contributed by atoms with E-state index >= 15 is 0 Å². The molecule has 1 aliphatic carbocycles. The Kier molecular flexibility index (Phi) is 5.03. The van der Waals surface area contributed by atoms with Gasteiger partial charge in [-0.2, -0.15) is 0 Å². The van der Waals surface area contributed by atoms with Crippen LogP contribution in [0.3, 0.4) is 0 Å². The average molecular weight is 339 g/mol. The van der Waals surface area contributed by atoms with Gasteiger partial charge in [-0.1, -0.05) is 55.5 Å². The van der Waals surface area contributed by atoms with Crippen LogP contribution in [0.5, 0.6) is 0 Å². The minimum absolute atomic E-state index is 0.0242. The van der Waals surface area contributed by atoms with Crippen molar-refractivity contribution in [3.8, 4) is 11.1 Å². The first-order chi connectivity index (χ1) is 12.1. The van der Waals surface area contributed by atoms with Gasteiger partial charge in [-0.15, -0.1) is 0 Å². The Morgan fingerprint density at radius 1 is 1.08 bits per heavy atom. The lowest BCUT2D eigenvalue weighted by molar-refractivity contribution is -0.141. The van der Waals surface area contributed by atoms with Crippen LogP contribution in [-0.2, 0) is 9.53 Å². The van der Waals surface area contributed by atoms with Gasteiger partial charge in [0.25, 0.3) is 0 Å². The zero-order valence-electron chi connectivity index (χ0n) is 14.1. The molecule has 5 heteroatoms. The van der Waals surface area contributed by atoms with E-state index in [9.17, 15) is 9.59 Å². The number of carbonyl (C=O) groups excluding carboxylic acids is 1. The fraction of sp³-hybridized carbons (Fsp3) is 0.300. The molecule has 1 atom stereocenters. The fourth-order valence-corrected chi connectivity index (χ4v) is 3.16. The number of carboxylic acid groups (broad SMARTS) is 1. The van der Waals surface area contributed by atoms with Crippen molar-refractivity contribution in [2.45, 2.75) is 19.3 Å². The van der Waals surface area contributed by atoms with E-state index in [0.717, 1.165) is 11.1 Å². The molecule has 2 aromatic rings. The van der Waals surface area contributed by atoms with Crippen molar-refractivity contribution in [3.63, 3.8) is 0 Å². The standard InChI is InChI=1S/C20H21NO4/c1-13(19(22)23)10-11-21-20(24)25-12-18-16-8-4-2-6-14(16)15-7-3-5-9-17(15)18/h2-9,13,18H,10-12H2,1H3,(H,21,24)(H,22,23)/t13-/m0/s1. The molecule has 0 spiro atoms. The summed E-state index contributed by atoms with van der Waals surface area (Å²) < 4.78 is 5.38. The number of amides is 1. The normalized spacial score (nSPS) is 13.6. The average Bonchev–Trinajstić information content (AvgIpc) is 2.94. The van der Waals surface area contributed by atoms with Crippen molar-refractivity contribution in [3.05, 3.63) is 59.7 Å². The molecular formula is C20H21NO4. The molecule has 0 saturated heterocycles. The van der Waals surface area contributed by atoms with Gasteiger partial charge in [-0.3, -0.25) is 4.79 Å². The van der Waals surface area contributed by atoms with Crippen LogP contribution in [0.15, 0.2) is 48.5 Å². The molecule has 2 aromatic carbocycles. The third-order valence-corrected chi connectivity index (χ3v) is 4.61. The Morgan fingerprint density at radius 3 is 2.20 bits per heavy atom. The molecular weight excluding hydrogens is 318 g/mol. The third kappa shape index (κ3) is 3.65. The Labute approximate surface area is 146 Å². The van der Waals surface area contributed by atoms with Crippen molar-refractivity contribution in [2.75, 3.05) is 13.2 Å². The number of nitrogens with one attached hydrogen (secondary N) is 1. The van der Waals surface area contributed by atoms with E-state index in [-0.39, 0.29) is 19.1 Å². The molecule has 25 heavy (non-hydrogen) atoms. The highest BCUT2D eigenvalue weighted by Crippen LogP contribution is 2.44. The minimum atomic E-state index is -0.866. The van der Waals surface area contributed by atoms with Crippen LogP contribution in [0.25, 0.3) is 11.1 Å². The summed E-state index contributed by atoms with van der Waals surface area (Å²) in [5.41, 5.74) is 4.69. The number of carboxylic acids is 1. The van der Waals surface area contributed by atoms with E-state index in [1.165, 1.54) is 11.1 Å². The first-order valence-electron chi connectivity index (χ1n) is 8.39. The Hall–Kier alpha value is -2.82. The number of fused-ring (bicyclic) bond motifs is 3. The van der Waals surface area contributed by atoms with Crippen LogP contribution in [0, 0.1) is 5.92 Å². The van der Waals surface area contributed by atoms with E-state index < -0.39 is 18.0 Å². The number of hydrogen-bond acceptors (Lipinski definition) is 3. The smallest absolute Gasteiger partial charge is 0.407 e. The highest BCUT2D eigenvalue weighted by atomic mass is 16.5. The lowest BCUT2D eigenvalue weighted by atomic mass is 9.98. The molecule has 0 heterocycles. The van der Waals surface area contributed by atoms with Crippen molar-refractivity contribution < 1.29 is 19.4 Å². The van der Waals surface area contributed by atoms with Crippen LogP contribution in [0.1, 0.15) is 30.4 Å². The minimum Gasteiger partial charge on any atom is -0.481 e. The number of rotatable bonds is 6. The molecule has 1 aliphatic rings. The van der Waals surface area contributed by atoms with Gasteiger partial charge in [0.1, 0.15) is 6.61 Å². The Bertz CT molecular complexity index is 741. The van der Waals surface area contributed by atoms with Gasteiger partial charge < -0.3 is 15.2 Å². The molecule has 2 N–H and O–H groups in total. The first-order valence-corrected chi connectivity index (χ1v) is 8.39. The largest absolute Gasteiger partial charge is 0.481 e. The molecule has 0 saturated carbocycles. The van der Waals surface area contributed by atoms with Crippen LogP contribution in [0.2, 0.25) is 0 Å². The Balaban J connectivity index is 1.60. The number of hydrogen-bond donors (Lipinski definition) is 2. The summed E-state index contributed by atoms with van der Waals surface area (Å²) in [7, 11) is 0. The van der Waals surface area contributed by atoms with Crippen molar-refractivity contribution in [2.24, 2.45) is 5.92 Å². The van der Waals surface area contributed by atoms with Crippen LogP contribution in [0.4, 0.5) is 4.79 Å². The highest BCUT2D eigenvalue weighted by molar-refractivity contribution is 5.79. The molecule has 0 bridgehead atoms. The molecule has 130 valence electrons. The summed E-state index contributed by atoms with van der Waals surface area (Å²) in [5, 5.41) is 11.5. The van der Waals surface area contributed by atoms with Gasteiger partial charge in [0.15, 0.2) is 0 Å². The van der Waals surface area contributed by atoms with Gasteiger partial charge in [0.2, 0.25) is 0 Å². The number of carbonyl (C=O) groups is 2. The number of ether oxygens (including phenoxy) is 1. The van der Waals surface area contributed by atoms with E-state index in [2.05, 4.69) is 29.6 Å². The monoisotopic (exact) mass is 339 g/mol. The quantitative estimate of drug-likeness (QED) is 0.842. The van der Waals surface area contributed by atoms with Crippen molar-refractivity contribution in [1.29, 1.82) is 0 Å². The predicted octanol–water partition coefficient (Wildman–Crippen LogP) is 3.64. The number of benzene rings is 2. The summed E-state index contributed by atoms with van der Waals surface area (Å²) >= 11 is 0. The molecule has 0 aromatic heterocycles. The van der Waals surface area contributed by atoms with Crippen LogP contribution < -0.4 is 5.32 Å². The Morgan fingerprint density at radius 2 is 1.64 bits per heavy atom. The van der Waals surface area contributed by atoms with E-state index in [1.807, 2.05) is 24.3 Å². The molecule has 0 fully saturated rings. The maximum absolute atomic E-state index is 11.9. The molecule has 1 amide bonds. The molecule has 0 radical (unpaired) electrons. The summed E-state index contributed by atoms with van der Waals surface area (Å²) in [6.07, 6.45) is -0.140. The molecule has 0 unspecified atom stereocenters. The van der Waals surface area contributed by atoms with Gasteiger partial charge in [0, 0.05) is 12.5 Å². The second-order valence-corrected chi connectivity index (χ2v) is 6.28. The second-order valence-electron chi connectivity index (χ2n) is 6.28. The maximum Gasteiger partial charge on any atom is 0.407 e. The zero-order valence-corrected chi connectivity index (χ0v) is 14.1. The van der Waals surface area contributed by atoms with E-state index in [4.69, 9.17) is 9.84 Å². The van der Waals surface area contributed by atoms with Gasteiger partial charge >= 0.3 is 12.1 Å². The second kappa shape index (κ2) is 7.38. The van der Waals surface area contributed by atoms with Crippen LogP contribution in [-0.4, -0.2) is 30.3 Å². The molecule has 5 nitrogen and oxygen atoms in total. The lowest BCUT2D eigenvalue weighted by Crippen LogP contribution is -2.28. The summed E-state index contributed by atoms with van der Waals surface area (Å²) in [6, 6.07) is 16.3. The van der Waals surface area contributed by atoms with Crippen molar-refractivity contribution in [1.82, 2.24) is 5.32 Å². The highest BCUT2D eigenvalue weighted by Gasteiger charge is 2.28. The van der Waals surface area contributed by atoms with E-state index in [0.29, 0.717) is 6.42 Å². The zero-order chi connectivity index (χ0) is 17.8. The van der Waals surface area contributed by atoms with Crippen LogP contribution >= 0.6 is 0 Å². The first kappa shape index (κ1) is 17.0. The fourth-order valence-electron chi connectivity index (χ4n) is 3.16. The summed E-state index contributed by atoms with van der Waals surface area (Å²) in [5.74, 6) is -1.33. The van der Waals surface area contributed by atoms with Crippen molar-refractivity contribution >= 4 is 12.1 Å². The summed E-state index contributed by atoms with van der Waals surface area (Å²) in [6.45, 7) is 2.15. The maximum atomic E-state index is 11.9. The molecule has 0 aliphatic heterocycles. The number of aliphatic carboxylic acids is 1. The van der Waals surface area contributed by atoms with Gasteiger partial charge in [-0.05, 0) is 28.7 Å². The SMILES string of the molecule is C[C@@H](CCNC(=O)OCC1c2ccccc2-c2ccccc21)C(=O)O. The topological polar surface area (TPSA) is 75.6 Å². The van der Waals surface area contributed by atoms with Gasteiger partial charge in [-0.25, -0.2) is 4.79 Å². The summed E-state index contributed by atoms with van der Waals surface area (Å²) in [4.78, 5) is 22.7. The molecule has 3 rings (SSSR count). The predicted molar refractivity (Wildman–Crippen MR) is 94.5 cm³/mol. The lowest BCUT2D eigenvalue weighted by Gasteiger charge is -2.15. The van der Waals surface area contributed by atoms with E-state index in [1.54, 1.807) is 6.92 Å². The third-order valence-electron chi connectivity index (χ3n) is 4.61. The number of alkyl carbamates (subject to hydrolysis) is 1.